The molecule has 0 bridgehead atoms. The van der Waals surface area contributed by atoms with Crippen LogP contribution in [0.1, 0.15) is 23.6 Å². The van der Waals surface area contributed by atoms with Gasteiger partial charge in [-0.15, -0.1) is 0 Å². The fraction of sp³-hybridized carbons (Fsp3) is 0.273. The highest BCUT2D eigenvalue weighted by molar-refractivity contribution is 5.31. The Labute approximate surface area is 154 Å². The molecule has 134 valence electrons. The first-order valence-electron chi connectivity index (χ1n) is 9.17. The van der Waals surface area contributed by atoms with Gasteiger partial charge in [0, 0.05) is 25.5 Å². The van der Waals surface area contributed by atoms with E-state index in [0.717, 1.165) is 19.3 Å². The summed E-state index contributed by atoms with van der Waals surface area (Å²) in [4.78, 5) is 16.8. The van der Waals surface area contributed by atoms with Crippen LogP contribution < -0.4 is 10.9 Å². The summed E-state index contributed by atoms with van der Waals surface area (Å²) >= 11 is 0. The standard InChI is InChI=1S/C22H25N3O/c1-2-18-8-10-20(11-9-18)13-16-25-17-15-24-21(22(25)26)23-14-12-19-6-4-3-5-7-19/h3-11,15,17H,2,12-14,16H2,1H3,(H,23,24). The highest BCUT2D eigenvalue weighted by Crippen LogP contribution is 2.07. The summed E-state index contributed by atoms with van der Waals surface area (Å²) in [6.45, 7) is 3.49. The predicted octanol–water partition coefficient (Wildman–Crippen LogP) is 3.70. The maximum absolute atomic E-state index is 12.6. The molecule has 0 radical (unpaired) electrons. The number of aromatic nitrogens is 2. The Morgan fingerprint density at radius 2 is 1.62 bits per heavy atom. The first-order valence-corrected chi connectivity index (χ1v) is 9.17. The zero-order chi connectivity index (χ0) is 18.2. The number of anilines is 1. The summed E-state index contributed by atoms with van der Waals surface area (Å²) in [6, 6.07) is 18.8. The van der Waals surface area contributed by atoms with Crippen LogP contribution in [0.5, 0.6) is 0 Å². The molecule has 0 amide bonds. The van der Waals surface area contributed by atoms with E-state index < -0.39 is 0 Å². The van der Waals surface area contributed by atoms with Crippen molar-refractivity contribution in [3.05, 3.63) is 94.0 Å². The molecular weight excluding hydrogens is 322 g/mol. The fourth-order valence-electron chi connectivity index (χ4n) is 2.91. The van der Waals surface area contributed by atoms with Gasteiger partial charge in [0.1, 0.15) is 0 Å². The SMILES string of the molecule is CCc1ccc(CCn2ccnc(NCCc3ccccc3)c2=O)cc1. The Balaban J connectivity index is 1.58. The van der Waals surface area contributed by atoms with Gasteiger partial charge in [0.05, 0.1) is 0 Å². The van der Waals surface area contributed by atoms with Crippen molar-refractivity contribution in [2.24, 2.45) is 0 Å². The maximum Gasteiger partial charge on any atom is 0.293 e. The van der Waals surface area contributed by atoms with Crippen LogP contribution in [-0.2, 0) is 25.8 Å². The van der Waals surface area contributed by atoms with Crippen molar-refractivity contribution in [3.63, 3.8) is 0 Å². The Kier molecular flexibility index (Phi) is 6.20. The molecule has 4 nitrogen and oxygen atoms in total. The fourth-order valence-corrected chi connectivity index (χ4v) is 2.91. The molecule has 0 atom stereocenters. The molecule has 0 aliphatic rings. The molecule has 0 aliphatic heterocycles. The second-order valence-corrected chi connectivity index (χ2v) is 6.36. The van der Waals surface area contributed by atoms with Crippen molar-refractivity contribution in [1.82, 2.24) is 9.55 Å². The molecule has 1 N–H and O–H groups in total. The van der Waals surface area contributed by atoms with Crippen LogP contribution in [0.2, 0.25) is 0 Å². The molecule has 0 aliphatic carbocycles. The monoisotopic (exact) mass is 347 g/mol. The second kappa shape index (κ2) is 8.99. The number of nitrogens with zero attached hydrogens (tertiary/aromatic N) is 2. The first kappa shape index (κ1) is 17.9. The molecular formula is C22H25N3O. The lowest BCUT2D eigenvalue weighted by Gasteiger charge is -2.09. The van der Waals surface area contributed by atoms with Crippen molar-refractivity contribution < 1.29 is 0 Å². The molecule has 3 rings (SSSR count). The van der Waals surface area contributed by atoms with Gasteiger partial charge in [-0.25, -0.2) is 4.98 Å². The van der Waals surface area contributed by atoms with Crippen LogP contribution >= 0.6 is 0 Å². The first-order chi connectivity index (χ1) is 12.8. The number of nitrogens with one attached hydrogen (secondary N) is 1. The van der Waals surface area contributed by atoms with Gasteiger partial charge < -0.3 is 9.88 Å². The predicted molar refractivity (Wildman–Crippen MR) is 107 cm³/mol. The van der Waals surface area contributed by atoms with Crippen LogP contribution in [-0.4, -0.2) is 16.1 Å². The third kappa shape index (κ3) is 4.82. The molecule has 0 unspecified atom stereocenters. The lowest BCUT2D eigenvalue weighted by atomic mass is 10.1. The highest BCUT2D eigenvalue weighted by Gasteiger charge is 2.05. The second-order valence-electron chi connectivity index (χ2n) is 6.36. The molecule has 4 heteroatoms. The van der Waals surface area contributed by atoms with E-state index in [9.17, 15) is 4.79 Å². The topological polar surface area (TPSA) is 46.9 Å². The molecule has 26 heavy (non-hydrogen) atoms. The summed E-state index contributed by atoms with van der Waals surface area (Å²) in [6.07, 6.45) is 6.18. The molecule has 0 saturated heterocycles. The van der Waals surface area contributed by atoms with Crippen LogP contribution in [0.4, 0.5) is 5.82 Å². The van der Waals surface area contributed by atoms with Gasteiger partial charge in [-0.2, -0.15) is 0 Å². The van der Waals surface area contributed by atoms with E-state index >= 15 is 0 Å². The summed E-state index contributed by atoms with van der Waals surface area (Å²) in [5.41, 5.74) is 3.75. The van der Waals surface area contributed by atoms with Gasteiger partial charge in [-0.3, -0.25) is 4.79 Å². The molecule has 0 spiro atoms. The lowest BCUT2D eigenvalue weighted by molar-refractivity contribution is 0.664. The Hall–Kier alpha value is -2.88. The Morgan fingerprint density at radius 3 is 2.35 bits per heavy atom. The minimum atomic E-state index is -0.0641. The Bertz CT molecular complexity index is 870. The average Bonchev–Trinajstić information content (AvgIpc) is 2.69. The highest BCUT2D eigenvalue weighted by atomic mass is 16.1. The van der Waals surface area contributed by atoms with Gasteiger partial charge >= 0.3 is 0 Å². The van der Waals surface area contributed by atoms with E-state index in [1.54, 1.807) is 17.0 Å². The van der Waals surface area contributed by atoms with Crippen LogP contribution in [0.3, 0.4) is 0 Å². The number of aryl methyl sites for hydroxylation is 3. The van der Waals surface area contributed by atoms with Crippen LogP contribution in [0.15, 0.2) is 71.8 Å². The third-order valence-electron chi connectivity index (χ3n) is 4.54. The van der Waals surface area contributed by atoms with Gasteiger partial charge in [0.2, 0.25) is 0 Å². The molecule has 2 aromatic carbocycles. The molecule has 1 heterocycles. The minimum Gasteiger partial charge on any atom is -0.365 e. The Morgan fingerprint density at radius 1 is 0.923 bits per heavy atom. The number of hydrogen-bond acceptors (Lipinski definition) is 3. The zero-order valence-electron chi connectivity index (χ0n) is 15.2. The molecule has 0 saturated carbocycles. The van der Waals surface area contributed by atoms with Crippen LogP contribution in [0.25, 0.3) is 0 Å². The van der Waals surface area contributed by atoms with Crippen LogP contribution in [0, 0.1) is 0 Å². The molecule has 1 aromatic heterocycles. The van der Waals surface area contributed by atoms with E-state index in [1.807, 2.05) is 18.2 Å². The van der Waals surface area contributed by atoms with Gasteiger partial charge in [0.15, 0.2) is 5.82 Å². The van der Waals surface area contributed by atoms with E-state index in [2.05, 4.69) is 53.6 Å². The summed E-state index contributed by atoms with van der Waals surface area (Å²) in [5, 5.41) is 3.17. The average molecular weight is 347 g/mol. The van der Waals surface area contributed by atoms with E-state index in [4.69, 9.17) is 0 Å². The van der Waals surface area contributed by atoms with Crippen molar-refractivity contribution in [2.75, 3.05) is 11.9 Å². The molecule has 3 aromatic rings. The summed E-state index contributed by atoms with van der Waals surface area (Å²) < 4.78 is 1.73. The quantitative estimate of drug-likeness (QED) is 0.676. The third-order valence-corrected chi connectivity index (χ3v) is 4.54. The minimum absolute atomic E-state index is 0.0641. The number of hydrogen-bond donors (Lipinski definition) is 1. The van der Waals surface area contributed by atoms with Gasteiger partial charge in [-0.1, -0.05) is 61.5 Å². The number of benzene rings is 2. The van der Waals surface area contributed by atoms with Crippen molar-refractivity contribution in [1.29, 1.82) is 0 Å². The zero-order valence-corrected chi connectivity index (χ0v) is 15.2. The van der Waals surface area contributed by atoms with E-state index in [-0.39, 0.29) is 5.56 Å². The molecule has 0 fully saturated rings. The smallest absolute Gasteiger partial charge is 0.293 e. The van der Waals surface area contributed by atoms with E-state index in [1.165, 1.54) is 16.7 Å². The number of rotatable bonds is 8. The largest absolute Gasteiger partial charge is 0.365 e. The van der Waals surface area contributed by atoms with E-state index in [0.29, 0.717) is 18.9 Å². The summed E-state index contributed by atoms with van der Waals surface area (Å²) in [7, 11) is 0. The normalized spacial score (nSPS) is 10.7. The van der Waals surface area contributed by atoms with Crippen molar-refractivity contribution in [3.8, 4) is 0 Å². The van der Waals surface area contributed by atoms with Gasteiger partial charge in [-0.05, 0) is 36.0 Å². The summed E-state index contributed by atoms with van der Waals surface area (Å²) in [5.74, 6) is 0.421. The van der Waals surface area contributed by atoms with Crippen molar-refractivity contribution in [2.45, 2.75) is 32.7 Å². The van der Waals surface area contributed by atoms with Crippen molar-refractivity contribution >= 4 is 5.82 Å². The van der Waals surface area contributed by atoms with Gasteiger partial charge in [0.25, 0.3) is 5.56 Å². The lowest BCUT2D eigenvalue weighted by Crippen LogP contribution is -2.25. The maximum atomic E-state index is 12.6.